The van der Waals surface area contributed by atoms with Crippen molar-refractivity contribution in [2.24, 2.45) is 28.6 Å². The Kier molecular flexibility index (Phi) is 10.1. The van der Waals surface area contributed by atoms with E-state index in [4.69, 9.17) is 33.2 Å². The van der Waals surface area contributed by atoms with E-state index in [9.17, 15) is 54.6 Å². The summed E-state index contributed by atoms with van der Waals surface area (Å²) in [4.78, 5) is 66.9. The van der Waals surface area contributed by atoms with Gasteiger partial charge < -0.3 is 63.8 Å². The summed E-state index contributed by atoms with van der Waals surface area (Å²) >= 11 is 0. The molecule has 3 aliphatic carbocycles. The fraction of sp³-hybridized carbons (Fsp3) is 0.750. The van der Waals surface area contributed by atoms with Gasteiger partial charge in [0.15, 0.2) is 11.5 Å². The Morgan fingerprint density at radius 2 is 1.67 bits per heavy atom. The van der Waals surface area contributed by atoms with E-state index in [0.717, 1.165) is 13.2 Å². The monoisotopic (exact) mass is 768 g/mol. The number of carbonyl (C=O) groups excluding carboxylic acids is 5. The fourth-order valence-corrected chi connectivity index (χ4v) is 10.2. The number of ether oxygens (including phenoxy) is 7. The number of aliphatic hydroxyl groups excluding tert-OH is 6. The topological polar surface area (TPSA) is 271 Å². The van der Waals surface area contributed by atoms with E-state index in [1.807, 2.05) is 0 Å². The van der Waals surface area contributed by atoms with Gasteiger partial charge in [0.1, 0.15) is 42.2 Å². The van der Waals surface area contributed by atoms with Crippen LogP contribution in [0, 0.1) is 28.6 Å². The number of rotatable bonds is 8. The van der Waals surface area contributed by atoms with Gasteiger partial charge in [0, 0.05) is 30.8 Å². The molecule has 18 heteroatoms. The van der Waals surface area contributed by atoms with Gasteiger partial charge >= 0.3 is 23.9 Å². The molecular weight excluding hydrogens is 720 g/mol. The Bertz CT molecular complexity index is 1670. The number of esters is 4. The first-order valence-corrected chi connectivity index (χ1v) is 17.7. The quantitative estimate of drug-likeness (QED) is 0.0894. The lowest BCUT2D eigenvalue weighted by Crippen LogP contribution is -2.79. The number of fused-ring (bicyclic) bond motifs is 2. The minimum Gasteiger partial charge on any atom is -0.467 e. The number of carbonyl (C=O) groups is 5. The number of hydrogen-bond acceptors (Lipinski definition) is 18. The Hall–Kier alpha value is -3.49. The van der Waals surface area contributed by atoms with Gasteiger partial charge in [-0.3, -0.25) is 9.59 Å². The Labute approximate surface area is 309 Å². The molecule has 1 spiro atoms. The molecular formula is C36H48O18. The van der Waals surface area contributed by atoms with Crippen molar-refractivity contribution in [1.29, 1.82) is 0 Å². The van der Waals surface area contributed by atoms with Crippen molar-refractivity contribution < 1.29 is 87.8 Å². The molecule has 2 saturated carbocycles. The average molecular weight is 769 g/mol. The summed E-state index contributed by atoms with van der Waals surface area (Å²) in [6.07, 6.45) is -14.4. The first-order chi connectivity index (χ1) is 25.1. The minimum absolute atomic E-state index is 0.0183. The zero-order valence-corrected chi connectivity index (χ0v) is 30.9. The molecule has 15 atom stereocenters. The van der Waals surface area contributed by atoms with Gasteiger partial charge in [-0.2, -0.15) is 0 Å². The maximum atomic E-state index is 14.1. The molecule has 0 unspecified atom stereocenters. The molecule has 18 nitrogen and oxygen atoms in total. The molecule has 0 aromatic carbocycles. The van der Waals surface area contributed by atoms with Crippen LogP contribution in [0.25, 0.3) is 0 Å². The van der Waals surface area contributed by atoms with Gasteiger partial charge in [-0.25, -0.2) is 14.4 Å². The number of Topliss-reactive ketones (excluding diaryl/α,β-unsaturated/α-hetero) is 1. The second kappa shape index (κ2) is 13.6. The smallest absolute Gasteiger partial charge is 0.348 e. The lowest BCUT2D eigenvalue weighted by Gasteiger charge is -2.67. The van der Waals surface area contributed by atoms with E-state index in [1.165, 1.54) is 27.7 Å². The number of aliphatic hydroxyl groups is 6. The minimum atomic E-state index is -2.41. The SMILES string of the molecule is COC(=O)[C@@]12OC[C@]34[C@H]([C@@H](O)[C@H]1O)[C@]1(C)CC(=O)C(O[C@@H]5O[C@H](CO)[C@@H](O)[C@H](O)[C@H]5O)=C(C)[C@H]1C[C@H]3OC(=O)[C@@H](OC(=O)/C=C(/C)C(C)(C)OC(C)=O)[C@@H]24. The van der Waals surface area contributed by atoms with Crippen molar-refractivity contribution in [1.82, 2.24) is 0 Å². The van der Waals surface area contributed by atoms with E-state index < -0.39 is 131 Å². The third-order valence-electron chi connectivity index (χ3n) is 12.8. The normalized spacial score (nSPS) is 44.4. The Morgan fingerprint density at radius 1 is 1.00 bits per heavy atom. The van der Waals surface area contributed by atoms with Crippen molar-refractivity contribution in [2.45, 2.75) is 121 Å². The van der Waals surface area contributed by atoms with Crippen molar-refractivity contribution in [3.05, 3.63) is 23.0 Å². The van der Waals surface area contributed by atoms with Gasteiger partial charge in [-0.05, 0) is 56.6 Å². The van der Waals surface area contributed by atoms with Crippen LogP contribution in [0.5, 0.6) is 0 Å². The third-order valence-corrected chi connectivity index (χ3v) is 12.8. The van der Waals surface area contributed by atoms with Crippen LogP contribution in [0.3, 0.4) is 0 Å². The molecule has 6 N–H and O–H groups in total. The largest absolute Gasteiger partial charge is 0.467 e. The molecule has 3 heterocycles. The molecule has 2 bridgehead atoms. The molecule has 5 fully saturated rings. The molecule has 0 amide bonds. The fourth-order valence-electron chi connectivity index (χ4n) is 10.2. The number of ketones is 1. The van der Waals surface area contributed by atoms with Gasteiger partial charge in [0.25, 0.3) is 0 Å². The molecule has 6 aliphatic rings. The standard InChI is InChI=1S/C36H48O18/c1-13(33(4,5)54-15(3)38)8-20(40)52-26-28-35-12-49-36(28,32(47)48-7)29(45)24(44)27(35)34(6)10-17(39)25(14(2)16(34)9-19(35)51-30(26)46)53-31-23(43)22(42)21(41)18(11-37)50-31/h8,16,18-19,21-24,26-29,31,37,41-45H,9-12H2,1-7H3/b13-8-/t16-,18-,19-,21-,22+,23-,24-,26+,27-,28-,29-,31+,34-,35-,36+/m1/s1. The van der Waals surface area contributed by atoms with Gasteiger partial charge in [0.2, 0.25) is 18.0 Å². The molecule has 300 valence electrons. The van der Waals surface area contributed by atoms with Crippen LogP contribution in [0.2, 0.25) is 0 Å². The van der Waals surface area contributed by atoms with Gasteiger partial charge in [0.05, 0.1) is 32.3 Å². The van der Waals surface area contributed by atoms with Crippen molar-refractivity contribution in [2.75, 3.05) is 20.3 Å². The van der Waals surface area contributed by atoms with Crippen molar-refractivity contribution >= 4 is 29.7 Å². The van der Waals surface area contributed by atoms with E-state index >= 15 is 0 Å². The van der Waals surface area contributed by atoms with Crippen LogP contribution in [0.4, 0.5) is 0 Å². The Balaban J connectivity index is 1.41. The first kappa shape index (κ1) is 40.2. The van der Waals surface area contributed by atoms with Crippen LogP contribution in [0.1, 0.15) is 54.4 Å². The molecule has 54 heavy (non-hydrogen) atoms. The summed E-state index contributed by atoms with van der Waals surface area (Å²) in [5.74, 6) is -8.09. The predicted octanol–water partition coefficient (Wildman–Crippen LogP) is -1.90. The van der Waals surface area contributed by atoms with Crippen LogP contribution in [-0.4, -0.2) is 147 Å². The third kappa shape index (κ3) is 5.63. The average Bonchev–Trinajstić information content (AvgIpc) is 3.40. The van der Waals surface area contributed by atoms with Gasteiger partial charge in [-0.15, -0.1) is 0 Å². The summed E-state index contributed by atoms with van der Waals surface area (Å²) in [6, 6.07) is 0. The zero-order valence-electron chi connectivity index (χ0n) is 30.9. The van der Waals surface area contributed by atoms with E-state index in [2.05, 4.69) is 0 Å². The summed E-state index contributed by atoms with van der Waals surface area (Å²) < 4.78 is 39.6. The molecule has 0 aromatic heterocycles. The van der Waals surface area contributed by atoms with Gasteiger partial charge in [-0.1, -0.05) is 6.92 Å². The number of methoxy groups -OCH3 is 1. The summed E-state index contributed by atoms with van der Waals surface area (Å²) in [7, 11) is 1.03. The highest BCUT2D eigenvalue weighted by Crippen LogP contribution is 2.73. The summed E-state index contributed by atoms with van der Waals surface area (Å²) in [5.41, 5.74) is -5.89. The maximum Gasteiger partial charge on any atom is 0.348 e. The second-order valence-electron chi connectivity index (χ2n) is 16.0. The number of allylic oxidation sites excluding steroid dienone is 2. The molecule has 0 aromatic rings. The second-order valence-corrected chi connectivity index (χ2v) is 16.0. The van der Waals surface area contributed by atoms with E-state index in [-0.39, 0.29) is 30.8 Å². The molecule has 0 radical (unpaired) electrons. The highest BCUT2D eigenvalue weighted by atomic mass is 16.7. The molecule has 3 aliphatic heterocycles. The Morgan fingerprint density at radius 3 is 2.28 bits per heavy atom. The highest BCUT2D eigenvalue weighted by molar-refractivity contribution is 5.96. The first-order valence-electron chi connectivity index (χ1n) is 17.7. The van der Waals surface area contributed by atoms with Crippen LogP contribution in [0.15, 0.2) is 23.0 Å². The van der Waals surface area contributed by atoms with E-state index in [1.54, 1.807) is 13.8 Å². The van der Waals surface area contributed by atoms with Crippen LogP contribution < -0.4 is 0 Å². The highest BCUT2D eigenvalue weighted by Gasteiger charge is 2.85. The van der Waals surface area contributed by atoms with Crippen LogP contribution in [-0.2, 0) is 57.1 Å². The molecule has 6 rings (SSSR count). The van der Waals surface area contributed by atoms with Crippen LogP contribution >= 0.6 is 0 Å². The predicted molar refractivity (Wildman–Crippen MR) is 175 cm³/mol. The van der Waals surface area contributed by atoms with E-state index in [0.29, 0.717) is 5.57 Å². The maximum absolute atomic E-state index is 14.1. The summed E-state index contributed by atoms with van der Waals surface area (Å²) in [6.45, 7) is 7.94. The lowest BCUT2D eigenvalue weighted by molar-refractivity contribution is -0.296. The number of hydrogen-bond donors (Lipinski definition) is 6. The zero-order chi connectivity index (χ0) is 40.0. The lowest BCUT2D eigenvalue weighted by atomic mass is 9.38. The molecule has 3 saturated heterocycles. The van der Waals surface area contributed by atoms with Crippen molar-refractivity contribution in [3.63, 3.8) is 0 Å². The van der Waals surface area contributed by atoms with Crippen molar-refractivity contribution in [3.8, 4) is 0 Å². The summed E-state index contributed by atoms with van der Waals surface area (Å²) in [5, 5.41) is 64.8.